The molecule has 2 heterocycles. The van der Waals surface area contributed by atoms with Crippen molar-refractivity contribution in [2.24, 2.45) is 12.2 Å². The van der Waals surface area contributed by atoms with Crippen LogP contribution in [0.25, 0.3) is 22.2 Å². The number of aryl methyl sites for hydroxylation is 1. The zero-order valence-corrected chi connectivity index (χ0v) is 18.3. The number of sulfonamides is 1. The van der Waals surface area contributed by atoms with E-state index in [4.69, 9.17) is 9.88 Å². The van der Waals surface area contributed by atoms with Crippen molar-refractivity contribution in [3.63, 3.8) is 0 Å². The molecule has 0 saturated heterocycles. The first-order chi connectivity index (χ1) is 14.2. The first-order valence-corrected chi connectivity index (χ1v) is 11.6. The zero-order valence-electron chi connectivity index (χ0n) is 16.7. The molecule has 0 spiro atoms. The number of nitrogens with zero attached hydrogens (tertiary/aromatic N) is 3. The molecule has 0 atom stereocenters. The monoisotopic (exact) mass is 443 g/mol. The number of benzene rings is 2. The lowest BCUT2D eigenvalue weighted by atomic mass is 10.1. The number of primary sulfonamides is 1. The molecule has 30 heavy (non-hydrogen) atoms. The summed E-state index contributed by atoms with van der Waals surface area (Å²) in [7, 11) is -1.94. The van der Waals surface area contributed by atoms with Gasteiger partial charge in [0.2, 0.25) is 10.0 Å². The van der Waals surface area contributed by atoms with Crippen molar-refractivity contribution in [2.75, 3.05) is 5.32 Å². The maximum absolute atomic E-state index is 11.8. The normalized spacial score (nSPS) is 11.9. The molecule has 4 rings (SSSR count). The Kier molecular flexibility index (Phi) is 5.22. The number of thiazole rings is 1. The van der Waals surface area contributed by atoms with E-state index in [1.165, 1.54) is 23.5 Å². The predicted molar refractivity (Wildman–Crippen MR) is 119 cm³/mol. The average molecular weight is 444 g/mol. The van der Waals surface area contributed by atoms with Gasteiger partial charge in [-0.05, 0) is 44.2 Å². The highest BCUT2D eigenvalue weighted by molar-refractivity contribution is 7.89. The minimum atomic E-state index is -3.84. The van der Waals surface area contributed by atoms with E-state index in [1.54, 1.807) is 6.07 Å². The van der Waals surface area contributed by atoms with Crippen LogP contribution in [0.15, 0.2) is 52.9 Å². The summed E-state index contributed by atoms with van der Waals surface area (Å²) in [6.45, 7) is 3.79. The molecule has 2 aromatic heterocycles. The van der Waals surface area contributed by atoms with Crippen molar-refractivity contribution in [3.8, 4) is 17.0 Å². The number of rotatable bonds is 6. The van der Waals surface area contributed by atoms with E-state index < -0.39 is 10.0 Å². The lowest BCUT2D eigenvalue weighted by Gasteiger charge is -2.15. The van der Waals surface area contributed by atoms with Crippen molar-refractivity contribution in [2.45, 2.75) is 24.8 Å². The third-order valence-corrected chi connectivity index (χ3v) is 6.10. The second kappa shape index (κ2) is 7.71. The highest BCUT2D eigenvalue weighted by Gasteiger charge is 2.15. The SMILES string of the molecule is CC(C)Oc1ccc(S(N)(=O)=O)cc1Nc1nc(-c2ccc3c(cnn3C)c2)cs1. The Balaban J connectivity index is 1.66. The van der Waals surface area contributed by atoms with Gasteiger partial charge >= 0.3 is 0 Å². The summed E-state index contributed by atoms with van der Waals surface area (Å²) in [5.74, 6) is 0.519. The molecule has 0 radical (unpaired) electrons. The topological polar surface area (TPSA) is 112 Å². The lowest BCUT2D eigenvalue weighted by Crippen LogP contribution is -2.13. The summed E-state index contributed by atoms with van der Waals surface area (Å²) in [5, 5.41) is 16.3. The Bertz CT molecular complexity index is 1330. The van der Waals surface area contributed by atoms with Gasteiger partial charge in [-0.25, -0.2) is 18.5 Å². The molecular weight excluding hydrogens is 422 g/mol. The van der Waals surface area contributed by atoms with Gasteiger partial charge in [0.05, 0.1) is 34.1 Å². The maximum atomic E-state index is 11.8. The van der Waals surface area contributed by atoms with Gasteiger partial charge in [-0.15, -0.1) is 11.3 Å². The van der Waals surface area contributed by atoms with Gasteiger partial charge in [0, 0.05) is 23.4 Å². The molecule has 0 saturated carbocycles. The van der Waals surface area contributed by atoms with Crippen LogP contribution < -0.4 is 15.2 Å². The predicted octanol–water partition coefficient (Wildman–Crippen LogP) is 3.88. The van der Waals surface area contributed by atoms with E-state index >= 15 is 0 Å². The lowest BCUT2D eigenvalue weighted by molar-refractivity contribution is 0.243. The Labute approximate surface area is 178 Å². The van der Waals surface area contributed by atoms with E-state index in [0.29, 0.717) is 16.6 Å². The van der Waals surface area contributed by atoms with Crippen LogP contribution in [-0.4, -0.2) is 29.3 Å². The molecular formula is C20H21N5O3S2. The number of fused-ring (bicyclic) bond motifs is 1. The standard InChI is InChI=1S/C20H21N5O3S2/c1-12(2)28-19-7-5-15(30(21,26)27)9-16(19)23-20-24-17(11-29-20)13-4-6-18-14(8-13)10-22-25(18)3/h4-12H,1-3H3,(H,23,24)(H2,21,26,27). The number of anilines is 2. The summed E-state index contributed by atoms with van der Waals surface area (Å²) in [5.41, 5.74) is 3.31. The molecule has 0 bridgehead atoms. The minimum Gasteiger partial charge on any atom is -0.489 e. The number of hydrogen-bond donors (Lipinski definition) is 2. The number of nitrogens with two attached hydrogens (primary N) is 1. The van der Waals surface area contributed by atoms with Crippen molar-refractivity contribution < 1.29 is 13.2 Å². The van der Waals surface area contributed by atoms with Crippen molar-refractivity contribution in [1.82, 2.24) is 14.8 Å². The van der Waals surface area contributed by atoms with E-state index in [2.05, 4.69) is 15.4 Å². The molecule has 2 aromatic carbocycles. The van der Waals surface area contributed by atoms with Crippen LogP contribution in [0.1, 0.15) is 13.8 Å². The van der Waals surface area contributed by atoms with E-state index in [0.717, 1.165) is 22.2 Å². The van der Waals surface area contributed by atoms with Gasteiger partial charge in [0.15, 0.2) is 5.13 Å². The molecule has 0 aliphatic carbocycles. The van der Waals surface area contributed by atoms with Crippen LogP contribution in [0.2, 0.25) is 0 Å². The third kappa shape index (κ3) is 4.16. The second-order valence-electron chi connectivity index (χ2n) is 7.07. The zero-order chi connectivity index (χ0) is 21.5. The summed E-state index contributed by atoms with van der Waals surface area (Å²) in [6.07, 6.45) is 1.74. The van der Waals surface area contributed by atoms with Gasteiger partial charge in [-0.2, -0.15) is 5.10 Å². The van der Waals surface area contributed by atoms with Crippen molar-refractivity contribution in [3.05, 3.63) is 48.0 Å². The molecule has 0 unspecified atom stereocenters. The van der Waals surface area contributed by atoms with Gasteiger partial charge in [0.25, 0.3) is 0 Å². The summed E-state index contributed by atoms with van der Waals surface area (Å²) >= 11 is 1.41. The van der Waals surface area contributed by atoms with Gasteiger partial charge in [-0.1, -0.05) is 6.07 Å². The highest BCUT2D eigenvalue weighted by atomic mass is 32.2. The molecule has 0 fully saturated rings. The van der Waals surface area contributed by atoms with Crippen LogP contribution in [0.3, 0.4) is 0 Å². The fourth-order valence-electron chi connectivity index (χ4n) is 3.04. The molecule has 156 valence electrons. The fourth-order valence-corrected chi connectivity index (χ4v) is 4.31. The van der Waals surface area contributed by atoms with Gasteiger partial charge < -0.3 is 10.1 Å². The van der Waals surface area contributed by atoms with Crippen LogP contribution in [-0.2, 0) is 17.1 Å². The van der Waals surface area contributed by atoms with Crippen molar-refractivity contribution in [1.29, 1.82) is 0 Å². The fraction of sp³-hybridized carbons (Fsp3) is 0.200. The summed E-state index contributed by atoms with van der Waals surface area (Å²) in [4.78, 5) is 4.65. The third-order valence-electron chi connectivity index (χ3n) is 4.43. The van der Waals surface area contributed by atoms with Crippen LogP contribution in [0.4, 0.5) is 10.8 Å². The number of aromatic nitrogens is 3. The summed E-state index contributed by atoms with van der Waals surface area (Å²) in [6, 6.07) is 10.5. The second-order valence-corrected chi connectivity index (χ2v) is 9.49. The van der Waals surface area contributed by atoms with Gasteiger partial charge in [0.1, 0.15) is 5.75 Å². The van der Waals surface area contributed by atoms with Crippen LogP contribution in [0, 0.1) is 0 Å². The largest absolute Gasteiger partial charge is 0.489 e. The molecule has 8 nitrogen and oxygen atoms in total. The van der Waals surface area contributed by atoms with Crippen LogP contribution in [0.5, 0.6) is 5.75 Å². The Morgan fingerprint density at radius 1 is 1.20 bits per heavy atom. The summed E-state index contributed by atoms with van der Waals surface area (Å²) < 4.78 is 31.1. The minimum absolute atomic E-state index is 0.0000788. The molecule has 0 aliphatic heterocycles. The van der Waals surface area contributed by atoms with Gasteiger partial charge in [-0.3, -0.25) is 4.68 Å². The number of nitrogens with one attached hydrogen (secondary N) is 1. The van der Waals surface area contributed by atoms with E-state index in [1.807, 2.05) is 55.4 Å². The molecule has 3 N–H and O–H groups in total. The quantitative estimate of drug-likeness (QED) is 0.468. The molecule has 0 aliphatic rings. The first-order valence-electron chi connectivity index (χ1n) is 9.19. The van der Waals surface area contributed by atoms with Crippen LogP contribution >= 0.6 is 11.3 Å². The maximum Gasteiger partial charge on any atom is 0.238 e. The Hall–Kier alpha value is -2.95. The molecule has 4 aromatic rings. The average Bonchev–Trinajstić information content (AvgIpc) is 3.28. The number of ether oxygens (including phenoxy) is 1. The number of hydrogen-bond acceptors (Lipinski definition) is 7. The molecule has 0 amide bonds. The Morgan fingerprint density at radius 3 is 2.73 bits per heavy atom. The smallest absolute Gasteiger partial charge is 0.238 e. The highest BCUT2D eigenvalue weighted by Crippen LogP contribution is 2.34. The van der Waals surface area contributed by atoms with E-state index in [9.17, 15) is 8.42 Å². The molecule has 10 heteroatoms. The van der Waals surface area contributed by atoms with E-state index in [-0.39, 0.29) is 11.0 Å². The first kappa shape index (κ1) is 20.3. The van der Waals surface area contributed by atoms with Crippen molar-refractivity contribution >= 4 is 43.1 Å². The Morgan fingerprint density at radius 2 is 2.00 bits per heavy atom.